The first-order chi connectivity index (χ1) is 10.0. The standard InChI is InChI=1S/C14H17N3O3S/c1-9-8-21-14-15-10(5-12(18)17(9)14)7-16-4-2-3-11(16)6-13(19)20/h5,8,11H,2-4,6-7H2,1H3,(H,19,20). The van der Waals surface area contributed by atoms with Crippen LogP contribution < -0.4 is 5.56 Å². The number of rotatable bonds is 4. The first kappa shape index (κ1) is 14.2. The quantitative estimate of drug-likeness (QED) is 0.926. The van der Waals surface area contributed by atoms with E-state index in [0.717, 1.165) is 30.8 Å². The summed E-state index contributed by atoms with van der Waals surface area (Å²) in [5.41, 5.74) is 1.55. The molecule has 1 N–H and O–H groups in total. The maximum Gasteiger partial charge on any atom is 0.304 e. The Morgan fingerprint density at radius 2 is 2.38 bits per heavy atom. The number of aromatic nitrogens is 2. The van der Waals surface area contributed by atoms with Crippen molar-refractivity contribution in [3.05, 3.63) is 33.2 Å². The zero-order valence-corrected chi connectivity index (χ0v) is 12.6. The van der Waals surface area contributed by atoms with Gasteiger partial charge in [-0.05, 0) is 26.3 Å². The number of thiazole rings is 1. The minimum absolute atomic E-state index is 0.0489. The van der Waals surface area contributed by atoms with Gasteiger partial charge in [-0.1, -0.05) is 0 Å². The normalized spacial score (nSPS) is 19.4. The van der Waals surface area contributed by atoms with Crippen LogP contribution >= 0.6 is 11.3 Å². The monoisotopic (exact) mass is 307 g/mol. The van der Waals surface area contributed by atoms with Crippen LogP contribution in [0.2, 0.25) is 0 Å². The molecular weight excluding hydrogens is 290 g/mol. The highest BCUT2D eigenvalue weighted by molar-refractivity contribution is 7.15. The van der Waals surface area contributed by atoms with Gasteiger partial charge in [0.05, 0.1) is 12.1 Å². The van der Waals surface area contributed by atoms with Crippen molar-refractivity contribution in [1.82, 2.24) is 14.3 Å². The van der Waals surface area contributed by atoms with Crippen molar-refractivity contribution in [3.8, 4) is 0 Å². The molecule has 1 unspecified atom stereocenters. The van der Waals surface area contributed by atoms with E-state index in [1.54, 1.807) is 10.5 Å². The molecule has 1 fully saturated rings. The molecule has 7 heteroatoms. The lowest BCUT2D eigenvalue weighted by Gasteiger charge is -2.22. The van der Waals surface area contributed by atoms with Crippen molar-refractivity contribution < 1.29 is 9.90 Å². The van der Waals surface area contributed by atoms with Crippen LogP contribution in [0.3, 0.4) is 0 Å². The van der Waals surface area contributed by atoms with E-state index >= 15 is 0 Å². The van der Waals surface area contributed by atoms with Crippen molar-refractivity contribution in [2.75, 3.05) is 6.54 Å². The van der Waals surface area contributed by atoms with Crippen LogP contribution in [0.4, 0.5) is 0 Å². The smallest absolute Gasteiger partial charge is 0.304 e. The van der Waals surface area contributed by atoms with Gasteiger partial charge in [0.25, 0.3) is 5.56 Å². The topological polar surface area (TPSA) is 74.9 Å². The highest BCUT2D eigenvalue weighted by atomic mass is 32.1. The van der Waals surface area contributed by atoms with Gasteiger partial charge in [0.1, 0.15) is 0 Å². The third-order valence-electron chi connectivity index (χ3n) is 3.90. The molecule has 0 amide bonds. The van der Waals surface area contributed by atoms with E-state index in [9.17, 15) is 9.59 Å². The highest BCUT2D eigenvalue weighted by Gasteiger charge is 2.27. The van der Waals surface area contributed by atoms with E-state index in [-0.39, 0.29) is 18.0 Å². The summed E-state index contributed by atoms with van der Waals surface area (Å²) in [7, 11) is 0. The molecule has 21 heavy (non-hydrogen) atoms. The molecule has 0 aromatic carbocycles. The SMILES string of the molecule is Cc1csc2nc(CN3CCCC3CC(=O)O)cc(=O)n12. The summed E-state index contributed by atoms with van der Waals surface area (Å²) in [4.78, 5) is 30.4. The molecule has 6 nitrogen and oxygen atoms in total. The van der Waals surface area contributed by atoms with Crippen molar-refractivity contribution in [2.24, 2.45) is 0 Å². The Balaban J connectivity index is 1.84. The van der Waals surface area contributed by atoms with Gasteiger partial charge in [0.15, 0.2) is 4.96 Å². The van der Waals surface area contributed by atoms with E-state index < -0.39 is 5.97 Å². The lowest BCUT2D eigenvalue weighted by atomic mass is 10.1. The largest absolute Gasteiger partial charge is 0.481 e. The second kappa shape index (κ2) is 5.57. The highest BCUT2D eigenvalue weighted by Crippen LogP contribution is 2.22. The average molecular weight is 307 g/mol. The van der Waals surface area contributed by atoms with E-state index in [0.29, 0.717) is 11.5 Å². The molecule has 0 spiro atoms. The number of carboxylic acids is 1. The van der Waals surface area contributed by atoms with Crippen LogP contribution in [0, 0.1) is 6.92 Å². The van der Waals surface area contributed by atoms with E-state index in [1.165, 1.54) is 11.3 Å². The van der Waals surface area contributed by atoms with Gasteiger partial charge >= 0.3 is 5.97 Å². The van der Waals surface area contributed by atoms with Gasteiger partial charge < -0.3 is 5.11 Å². The van der Waals surface area contributed by atoms with Gasteiger partial charge in [-0.25, -0.2) is 4.98 Å². The lowest BCUT2D eigenvalue weighted by molar-refractivity contribution is -0.138. The van der Waals surface area contributed by atoms with Crippen LogP contribution in [0.5, 0.6) is 0 Å². The van der Waals surface area contributed by atoms with E-state index in [4.69, 9.17) is 5.11 Å². The van der Waals surface area contributed by atoms with Gasteiger partial charge in [0.2, 0.25) is 0 Å². The maximum absolute atomic E-state index is 12.1. The van der Waals surface area contributed by atoms with E-state index in [2.05, 4.69) is 9.88 Å². The van der Waals surface area contributed by atoms with Crippen LogP contribution in [0.1, 0.15) is 30.7 Å². The number of hydrogen-bond donors (Lipinski definition) is 1. The summed E-state index contributed by atoms with van der Waals surface area (Å²) in [5, 5.41) is 10.9. The number of aliphatic carboxylic acids is 1. The number of nitrogens with zero attached hydrogens (tertiary/aromatic N) is 3. The predicted molar refractivity (Wildman–Crippen MR) is 79.8 cm³/mol. The summed E-state index contributed by atoms with van der Waals surface area (Å²) in [6, 6.07) is 1.61. The molecule has 112 valence electrons. The molecule has 3 rings (SSSR count). The van der Waals surface area contributed by atoms with Gasteiger partial charge in [-0.15, -0.1) is 11.3 Å². The fourth-order valence-electron chi connectivity index (χ4n) is 2.93. The Morgan fingerprint density at radius 3 is 3.14 bits per heavy atom. The molecule has 1 saturated heterocycles. The van der Waals surface area contributed by atoms with Crippen LogP contribution in [-0.2, 0) is 11.3 Å². The Hall–Kier alpha value is -1.73. The fraction of sp³-hybridized carbons (Fsp3) is 0.500. The predicted octanol–water partition coefficient (Wildman–Crippen LogP) is 1.50. The van der Waals surface area contributed by atoms with Crippen molar-refractivity contribution in [1.29, 1.82) is 0 Å². The maximum atomic E-state index is 12.1. The second-order valence-electron chi connectivity index (χ2n) is 5.45. The molecule has 0 radical (unpaired) electrons. The van der Waals surface area contributed by atoms with Crippen LogP contribution in [-0.4, -0.2) is 37.9 Å². The first-order valence-electron chi connectivity index (χ1n) is 6.97. The molecule has 2 aromatic rings. The Labute approximate surface area is 125 Å². The zero-order chi connectivity index (χ0) is 15.0. The molecule has 1 atom stereocenters. The molecular formula is C14H17N3O3S. The molecule has 0 aliphatic carbocycles. The van der Waals surface area contributed by atoms with Gasteiger partial charge in [-0.2, -0.15) is 0 Å². The fourth-order valence-corrected chi connectivity index (χ4v) is 3.82. The van der Waals surface area contributed by atoms with Gasteiger partial charge in [-0.3, -0.25) is 18.9 Å². The Kier molecular flexibility index (Phi) is 3.77. The van der Waals surface area contributed by atoms with E-state index in [1.807, 2.05) is 12.3 Å². The molecule has 0 bridgehead atoms. The lowest BCUT2D eigenvalue weighted by Crippen LogP contribution is -2.31. The third-order valence-corrected chi connectivity index (χ3v) is 4.85. The first-order valence-corrected chi connectivity index (χ1v) is 7.85. The minimum atomic E-state index is -0.774. The number of carboxylic acid groups (broad SMARTS) is 1. The number of likely N-dealkylation sites (tertiary alicyclic amines) is 1. The summed E-state index contributed by atoms with van der Waals surface area (Å²) >= 11 is 1.45. The van der Waals surface area contributed by atoms with Gasteiger partial charge in [0, 0.05) is 29.7 Å². The third kappa shape index (κ3) is 2.84. The molecule has 1 aliphatic rings. The minimum Gasteiger partial charge on any atom is -0.481 e. The number of aryl methyl sites for hydroxylation is 1. The van der Waals surface area contributed by atoms with Crippen LogP contribution in [0.15, 0.2) is 16.2 Å². The summed E-state index contributed by atoms with van der Waals surface area (Å²) in [6.07, 6.45) is 2.04. The Bertz CT molecular complexity index is 737. The van der Waals surface area contributed by atoms with Crippen LogP contribution in [0.25, 0.3) is 4.96 Å². The zero-order valence-electron chi connectivity index (χ0n) is 11.8. The number of fused-ring (bicyclic) bond motifs is 1. The van der Waals surface area contributed by atoms with Crippen molar-refractivity contribution >= 4 is 22.3 Å². The summed E-state index contributed by atoms with van der Waals surface area (Å²) in [5.74, 6) is -0.774. The second-order valence-corrected chi connectivity index (χ2v) is 6.28. The average Bonchev–Trinajstić information content (AvgIpc) is 2.97. The number of carbonyl (C=O) groups is 1. The van der Waals surface area contributed by atoms with Crippen molar-refractivity contribution in [2.45, 2.75) is 38.8 Å². The summed E-state index contributed by atoms with van der Waals surface area (Å²) < 4.78 is 1.60. The molecule has 2 aromatic heterocycles. The molecule has 3 heterocycles. The Morgan fingerprint density at radius 1 is 1.57 bits per heavy atom. The number of hydrogen-bond acceptors (Lipinski definition) is 5. The summed E-state index contributed by atoms with van der Waals surface area (Å²) in [6.45, 7) is 3.29. The molecule has 0 saturated carbocycles. The molecule has 1 aliphatic heterocycles. The van der Waals surface area contributed by atoms with Crippen molar-refractivity contribution in [3.63, 3.8) is 0 Å².